The first-order valence-electron chi connectivity index (χ1n) is 10.5. The van der Waals surface area contributed by atoms with E-state index in [9.17, 15) is 14.4 Å². The van der Waals surface area contributed by atoms with Gasteiger partial charge in [0.2, 0.25) is 0 Å². The number of carbonyl (C=O) groups excluding carboxylic acids is 3. The van der Waals surface area contributed by atoms with Gasteiger partial charge in [-0.1, -0.05) is 25.1 Å². The van der Waals surface area contributed by atoms with E-state index in [1.54, 1.807) is 18.2 Å². The number of hydrogen-bond acceptors (Lipinski definition) is 4. The van der Waals surface area contributed by atoms with Crippen LogP contribution in [0.3, 0.4) is 0 Å². The predicted molar refractivity (Wildman–Crippen MR) is 120 cm³/mol. The number of urea groups is 1. The van der Waals surface area contributed by atoms with Crippen molar-refractivity contribution in [3.8, 4) is 5.69 Å². The number of amides is 4. The average Bonchev–Trinajstić information content (AvgIpc) is 3.36. The molecule has 1 aliphatic rings. The van der Waals surface area contributed by atoms with Crippen LogP contribution in [0.5, 0.6) is 0 Å². The number of hydrogen-bond donors (Lipinski definition) is 1. The second-order valence-electron chi connectivity index (χ2n) is 7.89. The van der Waals surface area contributed by atoms with Gasteiger partial charge in [-0.25, -0.2) is 4.79 Å². The van der Waals surface area contributed by atoms with Crippen molar-refractivity contribution >= 4 is 23.9 Å². The largest absolute Gasteiger partial charge is 0.467 e. The minimum Gasteiger partial charge on any atom is -0.467 e. The zero-order valence-electron chi connectivity index (χ0n) is 18.6. The van der Waals surface area contributed by atoms with Gasteiger partial charge in [-0.15, -0.1) is 0 Å². The second-order valence-corrected chi connectivity index (χ2v) is 7.89. The second kappa shape index (κ2) is 8.34. The number of nitrogens with zero attached hydrogens (tertiary/aromatic N) is 2. The molecule has 1 saturated heterocycles. The first-order valence-corrected chi connectivity index (χ1v) is 10.5. The number of para-hydroxylation sites is 1. The van der Waals surface area contributed by atoms with Crippen molar-refractivity contribution in [2.45, 2.75) is 40.7 Å². The van der Waals surface area contributed by atoms with Crippen molar-refractivity contribution in [1.82, 2.24) is 14.8 Å². The third-order valence-corrected chi connectivity index (χ3v) is 5.78. The number of rotatable bonds is 5. The monoisotopic (exact) mass is 431 g/mol. The molecule has 1 N–H and O–H groups in total. The number of nitrogens with one attached hydrogen (secondary N) is 1. The van der Waals surface area contributed by atoms with Gasteiger partial charge in [-0.3, -0.25) is 19.8 Å². The van der Waals surface area contributed by atoms with Gasteiger partial charge in [0.1, 0.15) is 11.3 Å². The highest BCUT2D eigenvalue weighted by Crippen LogP contribution is 2.28. The summed E-state index contributed by atoms with van der Waals surface area (Å²) in [7, 11) is 0. The van der Waals surface area contributed by atoms with E-state index in [4.69, 9.17) is 4.42 Å². The highest BCUT2D eigenvalue weighted by Gasteiger charge is 2.36. The molecule has 7 heteroatoms. The predicted octanol–water partition coefficient (Wildman–Crippen LogP) is 4.22. The maximum absolute atomic E-state index is 13.0. The van der Waals surface area contributed by atoms with E-state index in [0.29, 0.717) is 5.76 Å². The summed E-state index contributed by atoms with van der Waals surface area (Å²) >= 11 is 0. The number of furan rings is 1. The summed E-state index contributed by atoms with van der Waals surface area (Å²) in [6, 6.07) is 10.8. The normalized spacial score (nSPS) is 15.6. The van der Waals surface area contributed by atoms with E-state index >= 15 is 0 Å². The van der Waals surface area contributed by atoms with Gasteiger partial charge >= 0.3 is 6.03 Å². The lowest BCUT2D eigenvalue weighted by atomic mass is 10.0. The number of barbiturate groups is 1. The Bertz CT molecular complexity index is 1250. The van der Waals surface area contributed by atoms with Gasteiger partial charge in [0, 0.05) is 11.4 Å². The maximum atomic E-state index is 13.0. The molecule has 0 saturated carbocycles. The molecular weight excluding hydrogens is 406 g/mol. The van der Waals surface area contributed by atoms with E-state index in [-0.39, 0.29) is 12.1 Å². The molecule has 3 aromatic rings. The Kier molecular flexibility index (Phi) is 5.57. The first-order chi connectivity index (χ1) is 15.3. The molecule has 0 spiro atoms. The lowest BCUT2D eigenvalue weighted by Crippen LogP contribution is -2.53. The zero-order chi connectivity index (χ0) is 23.0. The van der Waals surface area contributed by atoms with E-state index in [0.717, 1.165) is 39.5 Å². The molecule has 32 heavy (non-hydrogen) atoms. The fourth-order valence-corrected chi connectivity index (χ4v) is 4.15. The highest BCUT2D eigenvalue weighted by atomic mass is 16.3. The molecular formula is C25H25N3O4. The number of aryl methyl sites for hydroxylation is 3. The minimum atomic E-state index is -0.758. The Balaban J connectivity index is 1.76. The van der Waals surface area contributed by atoms with Gasteiger partial charge in [0.25, 0.3) is 11.8 Å². The van der Waals surface area contributed by atoms with Gasteiger partial charge < -0.3 is 8.98 Å². The summed E-state index contributed by atoms with van der Waals surface area (Å²) in [4.78, 5) is 38.8. The molecule has 3 heterocycles. The van der Waals surface area contributed by atoms with Crippen LogP contribution >= 0.6 is 0 Å². The number of aromatic nitrogens is 1. The average molecular weight is 431 g/mol. The van der Waals surface area contributed by atoms with Crippen LogP contribution in [0.1, 0.15) is 40.8 Å². The fraction of sp³-hybridized carbons (Fsp3) is 0.240. The van der Waals surface area contributed by atoms with Crippen molar-refractivity contribution in [3.05, 3.63) is 82.1 Å². The highest BCUT2D eigenvalue weighted by molar-refractivity contribution is 6.31. The van der Waals surface area contributed by atoms with Crippen molar-refractivity contribution in [3.63, 3.8) is 0 Å². The van der Waals surface area contributed by atoms with E-state index in [1.165, 1.54) is 11.8 Å². The SMILES string of the molecule is CCc1cccc(C)c1-n1c(C)cc(C=C2C(=O)NC(=O)N(Cc3ccco3)C2=O)c1C. The van der Waals surface area contributed by atoms with E-state index in [1.807, 2.05) is 26.0 Å². The summed E-state index contributed by atoms with van der Waals surface area (Å²) in [6.45, 7) is 8.09. The van der Waals surface area contributed by atoms with Crippen LogP contribution in [-0.2, 0) is 22.6 Å². The molecule has 7 nitrogen and oxygen atoms in total. The van der Waals surface area contributed by atoms with Crippen LogP contribution < -0.4 is 5.32 Å². The maximum Gasteiger partial charge on any atom is 0.331 e. The lowest BCUT2D eigenvalue weighted by molar-refractivity contribution is -0.130. The van der Waals surface area contributed by atoms with Crippen LogP contribution in [-0.4, -0.2) is 27.3 Å². The van der Waals surface area contributed by atoms with Crippen molar-refractivity contribution in [2.75, 3.05) is 0 Å². The standard InChI is InChI=1S/C25H25N3O4/c1-5-18-9-6-8-15(2)22(18)28-16(3)12-19(17(28)4)13-21-23(29)26-25(31)27(24(21)30)14-20-10-7-11-32-20/h6-13H,5,14H2,1-4H3,(H,26,29,31). The Hall–Kier alpha value is -3.87. The molecule has 1 aromatic carbocycles. The molecule has 2 aromatic heterocycles. The van der Waals surface area contributed by atoms with Gasteiger partial charge in [-0.05, 0) is 68.2 Å². The molecule has 164 valence electrons. The van der Waals surface area contributed by atoms with Crippen molar-refractivity contribution < 1.29 is 18.8 Å². The summed E-state index contributed by atoms with van der Waals surface area (Å²) < 4.78 is 7.40. The number of benzene rings is 1. The molecule has 1 aliphatic heterocycles. The molecule has 1 fully saturated rings. The summed E-state index contributed by atoms with van der Waals surface area (Å²) in [5.41, 5.74) is 6.04. The summed E-state index contributed by atoms with van der Waals surface area (Å²) in [6.07, 6.45) is 3.91. The van der Waals surface area contributed by atoms with Crippen LogP contribution in [0.4, 0.5) is 4.79 Å². The number of carbonyl (C=O) groups is 3. The quantitative estimate of drug-likeness (QED) is 0.484. The van der Waals surface area contributed by atoms with Gasteiger partial charge in [-0.2, -0.15) is 0 Å². The van der Waals surface area contributed by atoms with Crippen LogP contribution in [0, 0.1) is 20.8 Å². The molecule has 0 radical (unpaired) electrons. The molecule has 4 rings (SSSR count). The molecule has 0 aliphatic carbocycles. The van der Waals surface area contributed by atoms with Crippen molar-refractivity contribution in [1.29, 1.82) is 0 Å². The molecule has 0 bridgehead atoms. The minimum absolute atomic E-state index is 0.0512. The zero-order valence-corrected chi connectivity index (χ0v) is 18.6. The fourth-order valence-electron chi connectivity index (χ4n) is 4.15. The molecule has 0 atom stereocenters. The summed E-state index contributed by atoms with van der Waals surface area (Å²) in [5.74, 6) is -0.900. The lowest BCUT2D eigenvalue weighted by Gasteiger charge is -2.25. The van der Waals surface area contributed by atoms with Crippen LogP contribution in [0.2, 0.25) is 0 Å². The molecule has 0 unspecified atom stereocenters. The third kappa shape index (κ3) is 3.66. The van der Waals surface area contributed by atoms with Crippen molar-refractivity contribution in [2.24, 2.45) is 0 Å². The van der Waals surface area contributed by atoms with Crippen LogP contribution in [0.15, 0.2) is 52.7 Å². The molecule has 4 amide bonds. The topological polar surface area (TPSA) is 84.6 Å². The first kappa shape index (κ1) is 21.4. The van der Waals surface area contributed by atoms with E-state index < -0.39 is 17.8 Å². The Labute approximate surface area is 186 Å². The van der Waals surface area contributed by atoms with Gasteiger partial charge in [0.05, 0.1) is 18.5 Å². The Morgan fingerprint density at radius 2 is 1.84 bits per heavy atom. The smallest absolute Gasteiger partial charge is 0.331 e. The Morgan fingerprint density at radius 3 is 2.53 bits per heavy atom. The van der Waals surface area contributed by atoms with E-state index in [2.05, 4.69) is 35.9 Å². The Morgan fingerprint density at radius 1 is 1.06 bits per heavy atom. The van der Waals surface area contributed by atoms with Gasteiger partial charge in [0.15, 0.2) is 0 Å². The third-order valence-electron chi connectivity index (χ3n) is 5.78. The summed E-state index contributed by atoms with van der Waals surface area (Å²) in [5, 5.41) is 2.25. The number of imide groups is 2. The van der Waals surface area contributed by atoms with Crippen LogP contribution in [0.25, 0.3) is 11.8 Å².